The molecule has 0 aliphatic carbocycles. The van der Waals surface area contributed by atoms with Crippen LogP contribution in [0.15, 0.2) is 0 Å². The van der Waals surface area contributed by atoms with Gasteiger partial charge in [0, 0.05) is 27.1 Å². The summed E-state index contributed by atoms with van der Waals surface area (Å²) in [5.41, 5.74) is 0. The molecule has 0 atom stereocenters. The molecule has 1 fully saturated rings. The summed E-state index contributed by atoms with van der Waals surface area (Å²) in [5.74, 6) is -2.46. The quantitative estimate of drug-likeness (QED) is 0.330. The molecule has 0 saturated carbocycles. The van der Waals surface area contributed by atoms with Gasteiger partial charge in [0.15, 0.2) is 0 Å². The second kappa shape index (κ2) is 16.1. The van der Waals surface area contributed by atoms with E-state index in [0.29, 0.717) is 31.5 Å². The van der Waals surface area contributed by atoms with E-state index in [1.807, 2.05) is 0 Å². The van der Waals surface area contributed by atoms with Gasteiger partial charge in [-0.1, -0.05) is 0 Å². The number of rotatable bonds is 13. The van der Waals surface area contributed by atoms with E-state index < -0.39 is 23.8 Å². The van der Waals surface area contributed by atoms with Crippen molar-refractivity contribution >= 4 is 23.8 Å². The number of carboxylic acids is 1. The molecule has 0 aromatic carbocycles. The van der Waals surface area contributed by atoms with Crippen LogP contribution >= 0.6 is 0 Å². The van der Waals surface area contributed by atoms with Crippen LogP contribution in [0.1, 0.15) is 25.7 Å². The SMILES string of the molecule is COCCOCCC(=O)O.COCCOCCC(=O)ON1C(=O)CCC1=O. The summed E-state index contributed by atoms with van der Waals surface area (Å²) in [6.45, 7) is 2.23. The van der Waals surface area contributed by atoms with Gasteiger partial charge in [-0.3, -0.25) is 14.4 Å². The van der Waals surface area contributed by atoms with Crippen molar-refractivity contribution in [2.75, 3.05) is 53.9 Å². The summed E-state index contributed by atoms with van der Waals surface area (Å²) >= 11 is 0. The normalized spacial score (nSPS) is 13.3. The van der Waals surface area contributed by atoms with Crippen molar-refractivity contribution in [3.63, 3.8) is 0 Å². The summed E-state index contributed by atoms with van der Waals surface area (Å²) in [7, 11) is 3.11. The van der Waals surface area contributed by atoms with Gasteiger partial charge in [-0.2, -0.15) is 0 Å². The Morgan fingerprint density at radius 3 is 1.78 bits per heavy atom. The van der Waals surface area contributed by atoms with Gasteiger partial charge in [0.25, 0.3) is 11.8 Å². The highest BCUT2D eigenvalue weighted by Crippen LogP contribution is 2.12. The zero-order chi connectivity index (χ0) is 20.5. The highest BCUT2D eigenvalue weighted by atomic mass is 16.7. The van der Waals surface area contributed by atoms with E-state index in [-0.39, 0.29) is 38.9 Å². The smallest absolute Gasteiger partial charge is 0.335 e. The minimum Gasteiger partial charge on any atom is -0.481 e. The third-order valence-electron chi connectivity index (χ3n) is 2.97. The van der Waals surface area contributed by atoms with Crippen LogP contribution in [0.3, 0.4) is 0 Å². The van der Waals surface area contributed by atoms with Gasteiger partial charge in [-0.25, -0.2) is 4.79 Å². The second-order valence-electron chi connectivity index (χ2n) is 5.15. The fourth-order valence-corrected chi connectivity index (χ4v) is 1.61. The molecule has 1 N–H and O–H groups in total. The lowest BCUT2D eigenvalue weighted by Gasteiger charge is -2.12. The van der Waals surface area contributed by atoms with E-state index in [9.17, 15) is 19.2 Å². The van der Waals surface area contributed by atoms with Crippen LogP contribution in [0, 0.1) is 0 Å². The van der Waals surface area contributed by atoms with Crippen molar-refractivity contribution in [2.45, 2.75) is 25.7 Å². The molecule has 0 spiro atoms. The number of carbonyl (C=O) groups is 4. The molecular formula is C16H27NO10. The van der Waals surface area contributed by atoms with E-state index in [1.54, 1.807) is 14.2 Å². The molecule has 27 heavy (non-hydrogen) atoms. The molecule has 0 unspecified atom stereocenters. The Labute approximate surface area is 157 Å². The number of ether oxygens (including phenoxy) is 4. The van der Waals surface area contributed by atoms with Gasteiger partial charge in [0.05, 0.1) is 52.5 Å². The van der Waals surface area contributed by atoms with Crippen molar-refractivity contribution in [3.05, 3.63) is 0 Å². The van der Waals surface area contributed by atoms with Crippen LogP contribution in [-0.4, -0.2) is 87.8 Å². The number of hydroxylamine groups is 2. The minimum atomic E-state index is -0.836. The Kier molecular flexibility index (Phi) is 14.9. The fourth-order valence-electron chi connectivity index (χ4n) is 1.61. The van der Waals surface area contributed by atoms with Crippen LogP contribution < -0.4 is 0 Å². The molecule has 0 bridgehead atoms. The van der Waals surface area contributed by atoms with E-state index in [0.717, 1.165) is 0 Å². The molecule has 0 radical (unpaired) electrons. The van der Waals surface area contributed by atoms with Gasteiger partial charge in [0.1, 0.15) is 0 Å². The summed E-state index contributed by atoms with van der Waals surface area (Å²) in [5, 5.41) is 8.68. The van der Waals surface area contributed by atoms with E-state index in [4.69, 9.17) is 19.3 Å². The molecular weight excluding hydrogens is 366 g/mol. The van der Waals surface area contributed by atoms with Crippen LogP contribution in [0.25, 0.3) is 0 Å². The summed E-state index contributed by atoms with van der Waals surface area (Å²) < 4.78 is 19.4. The molecule has 1 heterocycles. The summed E-state index contributed by atoms with van der Waals surface area (Å²) in [6.07, 6.45) is 0.234. The highest BCUT2D eigenvalue weighted by molar-refractivity contribution is 6.01. The molecule has 11 nitrogen and oxygen atoms in total. The van der Waals surface area contributed by atoms with E-state index >= 15 is 0 Å². The zero-order valence-electron chi connectivity index (χ0n) is 15.6. The zero-order valence-corrected chi connectivity index (χ0v) is 15.6. The molecule has 11 heteroatoms. The Bertz CT molecular complexity index is 452. The number of carbonyl (C=O) groups excluding carboxylic acids is 3. The predicted molar refractivity (Wildman–Crippen MR) is 89.4 cm³/mol. The first-order valence-corrected chi connectivity index (χ1v) is 8.34. The average molecular weight is 393 g/mol. The second-order valence-corrected chi connectivity index (χ2v) is 5.15. The topological polar surface area (TPSA) is 138 Å². The van der Waals surface area contributed by atoms with Crippen LogP contribution in [-0.2, 0) is 43.0 Å². The van der Waals surface area contributed by atoms with Gasteiger partial charge in [-0.15, -0.1) is 5.06 Å². The molecule has 0 aromatic rings. The molecule has 1 aliphatic heterocycles. The molecule has 1 aliphatic rings. The number of imide groups is 1. The van der Waals surface area contributed by atoms with Gasteiger partial charge in [0.2, 0.25) is 0 Å². The average Bonchev–Trinajstić information content (AvgIpc) is 2.93. The van der Waals surface area contributed by atoms with Crippen molar-refractivity contribution < 1.29 is 48.1 Å². The maximum absolute atomic E-state index is 11.2. The summed E-state index contributed by atoms with van der Waals surface area (Å²) in [4.78, 5) is 48.0. The van der Waals surface area contributed by atoms with Crippen molar-refractivity contribution in [2.24, 2.45) is 0 Å². The highest BCUT2D eigenvalue weighted by Gasteiger charge is 2.32. The first-order valence-electron chi connectivity index (χ1n) is 8.34. The van der Waals surface area contributed by atoms with Crippen molar-refractivity contribution in [1.29, 1.82) is 0 Å². The van der Waals surface area contributed by atoms with Crippen LogP contribution in [0.2, 0.25) is 0 Å². The monoisotopic (exact) mass is 393 g/mol. The Morgan fingerprint density at radius 2 is 1.33 bits per heavy atom. The third-order valence-corrected chi connectivity index (χ3v) is 2.97. The van der Waals surface area contributed by atoms with Crippen LogP contribution in [0.5, 0.6) is 0 Å². The number of amides is 2. The Hall–Kier alpha value is -2.08. The number of methoxy groups -OCH3 is 2. The lowest BCUT2D eigenvalue weighted by atomic mass is 10.4. The molecule has 1 rings (SSSR count). The molecule has 0 aromatic heterocycles. The number of carboxylic acid groups (broad SMARTS) is 1. The Balaban J connectivity index is 0.000000580. The molecule has 156 valence electrons. The number of nitrogens with zero attached hydrogens (tertiary/aromatic N) is 1. The standard InChI is InChI=1S/C10H15NO6.C6H12O4/c1-15-6-7-16-5-4-10(14)17-11-8(12)2-3-9(11)13;1-9-4-5-10-3-2-6(7)8/h2-7H2,1H3;2-5H2,1H3,(H,7,8). The maximum Gasteiger partial charge on any atom is 0.335 e. The number of aliphatic carboxylic acids is 1. The van der Waals surface area contributed by atoms with E-state index in [1.165, 1.54) is 0 Å². The summed E-state index contributed by atoms with van der Waals surface area (Å²) in [6, 6.07) is 0. The van der Waals surface area contributed by atoms with Crippen molar-refractivity contribution in [1.82, 2.24) is 5.06 Å². The molecule has 2 amide bonds. The number of hydrogen-bond donors (Lipinski definition) is 1. The van der Waals surface area contributed by atoms with Gasteiger partial charge < -0.3 is 28.9 Å². The van der Waals surface area contributed by atoms with Gasteiger partial charge in [-0.05, 0) is 0 Å². The lowest BCUT2D eigenvalue weighted by molar-refractivity contribution is -0.198. The Morgan fingerprint density at radius 1 is 0.852 bits per heavy atom. The largest absolute Gasteiger partial charge is 0.481 e. The number of hydrogen-bond acceptors (Lipinski definition) is 9. The van der Waals surface area contributed by atoms with Crippen molar-refractivity contribution in [3.8, 4) is 0 Å². The minimum absolute atomic E-state index is 0.0131. The first kappa shape index (κ1) is 24.9. The first-order chi connectivity index (χ1) is 12.9. The van der Waals surface area contributed by atoms with Gasteiger partial charge >= 0.3 is 11.9 Å². The maximum atomic E-state index is 11.2. The third kappa shape index (κ3) is 13.7. The van der Waals surface area contributed by atoms with E-state index in [2.05, 4.69) is 9.57 Å². The fraction of sp³-hybridized carbons (Fsp3) is 0.750. The predicted octanol–water partition coefficient (Wildman–Crippen LogP) is -0.229. The lowest BCUT2D eigenvalue weighted by Crippen LogP contribution is -2.32. The molecule has 1 saturated heterocycles. The van der Waals surface area contributed by atoms with Crippen LogP contribution in [0.4, 0.5) is 0 Å².